The summed E-state index contributed by atoms with van der Waals surface area (Å²) in [6, 6.07) is 10.4. The van der Waals surface area contributed by atoms with E-state index in [4.69, 9.17) is 14.2 Å². The van der Waals surface area contributed by atoms with Gasteiger partial charge >= 0.3 is 0 Å². The third-order valence-corrected chi connectivity index (χ3v) is 6.29. The van der Waals surface area contributed by atoms with Crippen molar-refractivity contribution in [3.05, 3.63) is 57.6 Å². The minimum atomic E-state index is -0.457. The number of benzene rings is 2. The monoisotopic (exact) mass is 470 g/mol. The molecule has 2 heterocycles. The summed E-state index contributed by atoms with van der Waals surface area (Å²) in [4.78, 5) is 30.5. The van der Waals surface area contributed by atoms with E-state index in [1.165, 1.54) is 12.1 Å². The van der Waals surface area contributed by atoms with E-state index < -0.39 is 4.92 Å². The molecule has 0 N–H and O–H groups in total. The van der Waals surface area contributed by atoms with Crippen LogP contribution in [0, 0.1) is 10.1 Å². The smallest absolute Gasteiger partial charge is 0.270 e. The molecule has 2 fully saturated rings. The third-order valence-electron chi connectivity index (χ3n) is 6.29. The number of ether oxygens (including phenoxy) is 3. The summed E-state index contributed by atoms with van der Waals surface area (Å²) >= 11 is 0. The fraction of sp³-hybridized carbons (Fsp3) is 0.458. The van der Waals surface area contributed by atoms with Crippen LogP contribution in [0.1, 0.15) is 15.9 Å². The van der Waals surface area contributed by atoms with Gasteiger partial charge in [-0.25, -0.2) is 0 Å². The number of nitro benzene ring substituents is 1. The molecule has 10 heteroatoms. The molecule has 0 bridgehead atoms. The van der Waals surface area contributed by atoms with Crippen molar-refractivity contribution < 1.29 is 23.9 Å². The molecule has 0 unspecified atom stereocenters. The lowest BCUT2D eigenvalue weighted by Crippen LogP contribution is -2.48. The predicted octanol–water partition coefficient (Wildman–Crippen LogP) is 2.41. The molecule has 2 saturated heterocycles. The summed E-state index contributed by atoms with van der Waals surface area (Å²) in [5, 5.41) is 11.4. The Bertz CT molecular complexity index is 1030. The van der Waals surface area contributed by atoms with Crippen molar-refractivity contribution in [2.24, 2.45) is 0 Å². The van der Waals surface area contributed by atoms with E-state index in [2.05, 4.69) is 9.80 Å². The third kappa shape index (κ3) is 5.23. The van der Waals surface area contributed by atoms with E-state index in [0.717, 1.165) is 17.8 Å². The first-order valence-corrected chi connectivity index (χ1v) is 11.3. The summed E-state index contributed by atoms with van der Waals surface area (Å²) in [5.74, 6) is 1.21. The number of rotatable bonds is 7. The number of carbonyl (C=O) groups is 1. The fourth-order valence-corrected chi connectivity index (χ4v) is 4.41. The van der Waals surface area contributed by atoms with Crippen molar-refractivity contribution in [3.63, 3.8) is 0 Å². The Kier molecular flexibility index (Phi) is 7.49. The number of hydrogen-bond acceptors (Lipinski definition) is 8. The normalized spacial score (nSPS) is 16.9. The van der Waals surface area contributed by atoms with Gasteiger partial charge in [-0.2, -0.15) is 0 Å². The summed E-state index contributed by atoms with van der Waals surface area (Å²) in [6.45, 7) is 5.70. The highest BCUT2D eigenvalue weighted by Crippen LogP contribution is 2.29. The van der Waals surface area contributed by atoms with Crippen molar-refractivity contribution in [2.45, 2.75) is 6.54 Å². The Morgan fingerprint density at radius 2 is 1.68 bits per heavy atom. The summed E-state index contributed by atoms with van der Waals surface area (Å²) in [7, 11) is 3.23. The van der Waals surface area contributed by atoms with E-state index in [1.54, 1.807) is 25.2 Å². The van der Waals surface area contributed by atoms with Gasteiger partial charge in [-0.1, -0.05) is 6.07 Å². The van der Waals surface area contributed by atoms with E-state index in [1.807, 2.05) is 18.2 Å². The van der Waals surface area contributed by atoms with Gasteiger partial charge < -0.3 is 24.0 Å². The highest BCUT2D eigenvalue weighted by atomic mass is 16.6. The van der Waals surface area contributed by atoms with E-state index in [0.29, 0.717) is 69.5 Å². The molecule has 0 radical (unpaired) electrons. The van der Waals surface area contributed by atoms with Gasteiger partial charge in [0.15, 0.2) is 11.5 Å². The Labute approximate surface area is 198 Å². The van der Waals surface area contributed by atoms with Crippen LogP contribution in [0.2, 0.25) is 0 Å². The van der Waals surface area contributed by atoms with Crippen molar-refractivity contribution in [2.75, 3.05) is 71.6 Å². The number of anilines is 1. The first-order valence-electron chi connectivity index (χ1n) is 11.3. The molecule has 1 amide bonds. The Balaban J connectivity index is 1.45. The highest BCUT2D eigenvalue weighted by Gasteiger charge is 2.28. The second-order valence-corrected chi connectivity index (χ2v) is 8.32. The lowest BCUT2D eigenvalue weighted by Gasteiger charge is -2.36. The van der Waals surface area contributed by atoms with Crippen molar-refractivity contribution in [1.82, 2.24) is 9.80 Å². The van der Waals surface area contributed by atoms with Gasteiger partial charge in [0.2, 0.25) is 0 Å². The van der Waals surface area contributed by atoms with E-state index in [9.17, 15) is 14.9 Å². The molecule has 4 rings (SSSR count). The molecular formula is C24H30N4O6. The minimum absolute atomic E-state index is 0.0764. The van der Waals surface area contributed by atoms with Gasteiger partial charge in [0, 0.05) is 57.9 Å². The highest BCUT2D eigenvalue weighted by molar-refractivity contribution is 6.00. The van der Waals surface area contributed by atoms with Crippen molar-refractivity contribution in [3.8, 4) is 11.5 Å². The lowest BCUT2D eigenvalue weighted by molar-refractivity contribution is -0.384. The lowest BCUT2D eigenvalue weighted by atomic mass is 10.1. The van der Waals surface area contributed by atoms with Crippen LogP contribution < -0.4 is 14.4 Å². The molecule has 0 aromatic heterocycles. The zero-order valence-electron chi connectivity index (χ0n) is 19.6. The topological polar surface area (TPSA) is 97.6 Å². The number of amides is 1. The van der Waals surface area contributed by atoms with Gasteiger partial charge in [0.05, 0.1) is 43.6 Å². The average Bonchev–Trinajstić information content (AvgIpc) is 2.88. The number of carbonyl (C=O) groups excluding carboxylic acids is 1. The van der Waals surface area contributed by atoms with E-state index in [-0.39, 0.29) is 11.6 Å². The number of methoxy groups -OCH3 is 2. The molecule has 2 aromatic rings. The largest absolute Gasteiger partial charge is 0.493 e. The number of hydrogen-bond donors (Lipinski definition) is 0. The standard InChI is InChI=1S/C24H30N4O6/c1-32-22-6-3-18(15-23(22)33-2)17-25-7-9-27(10-8-25)24(29)20-16-19(28(30)31)4-5-21(20)26-11-13-34-14-12-26/h3-6,15-16H,7-14,17H2,1-2H3. The molecule has 0 atom stereocenters. The molecule has 10 nitrogen and oxygen atoms in total. The van der Waals surface area contributed by atoms with Gasteiger partial charge in [0.1, 0.15) is 0 Å². The molecule has 0 spiro atoms. The first-order chi connectivity index (χ1) is 16.5. The summed E-state index contributed by atoms with van der Waals surface area (Å²) in [6.07, 6.45) is 0. The molecule has 2 aromatic carbocycles. The average molecular weight is 471 g/mol. The zero-order valence-corrected chi connectivity index (χ0v) is 19.6. The molecule has 2 aliphatic rings. The molecule has 0 aliphatic carbocycles. The molecular weight excluding hydrogens is 440 g/mol. The summed E-state index contributed by atoms with van der Waals surface area (Å²) < 4.78 is 16.1. The van der Waals surface area contributed by atoms with Crippen LogP contribution in [0.15, 0.2) is 36.4 Å². The van der Waals surface area contributed by atoms with Crippen LogP contribution in [0.4, 0.5) is 11.4 Å². The van der Waals surface area contributed by atoms with Crippen LogP contribution in [0.3, 0.4) is 0 Å². The number of piperazine rings is 1. The Hall–Kier alpha value is -3.37. The molecule has 182 valence electrons. The maximum absolute atomic E-state index is 13.5. The first kappa shape index (κ1) is 23.8. The van der Waals surface area contributed by atoms with Gasteiger partial charge in [-0.15, -0.1) is 0 Å². The SMILES string of the molecule is COc1ccc(CN2CCN(C(=O)c3cc([N+](=O)[O-])ccc3N3CCOCC3)CC2)cc1OC. The number of nitrogens with zero attached hydrogens (tertiary/aromatic N) is 4. The second-order valence-electron chi connectivity index (χ2n) is 8.32. The van der Waals surface area contributed by atoms with Crippen LogP contribution in [-0.4, -0.2) is 87.3 Å². The fourth-order valence-electron chi connectivity index (χ4n) is 4.41. The van der Waals surface area contributed by atoms with Crippen molar-refractivity contribution in [1.29, 1.82) is 0 Å². The minimum Gasteiger partial charge on any atom is -0.493 e. The number of non-ortho nitro benzene ring substituents is 1. The maximum atomic E-state index is 13.5. The zero-order chi connectivity index (χ0) is 24.1. The van der Waals surface area contributed by atoms with Crippen LogP contribution >= 0.6 is 0 Å². The van der Waals surface area contributed by atoms with E-state index >= 15 is 0 Å². The maximum Gasteiger partial charge on any atom is 0.270 e. The summed E-state index contributed by atoms with van der Waals surface area (Å²) in [5.41, 5.74) is 2.13. The number of morpholine rings is 1. The van der Waals surface area contributed by atoms with Crippen LogP contribution in [0.5, 0.6) is 11.5 Å². The molecule has 34 heavy (non-hydrogen) atoms. The van der Waals surface area contributed by atoms with Gasteiger partial charge in [-0.3, -0.25) is 19.8 Å². The van der Waals surface area contributed by atoms with Crippen LogP contribution in [0.25, 0.3) is 0 Å². The number of nitro groups is 1. The molecule has 2 aliphatic heterocycles. The quantitative estimate of drug-likeness (QED) is 0.450. The molecule has 0 saturated carbocycles. The van der Waals surface area contributed by atoms with Crippen molar-refractivity contribution >= 4 is 17.3 Å². The van der Waals surface area contributed by atoms with Crippen LogP contribution in [-0.2, 0) is 11.3 Å². The second kappa shape index (κ2) is 10.7. The van der Waals surface area contributed by atoms with Gasteiger partial charge in [0.25, 0.3) is 11.6 Å². The Morgan fingerprint density at radius 1 is 0.971 bits per heavy atom. The Morgan fingerprint density at radius 3 is 2.32 bits per heavy atom. The van der Waals surface area contributed by atoms with Gasteiger partial charge in [-0.05, 0) is 23.8 Å². The predicted molar refractivity (Wildman–Crippen MR) is 127 cm³/mol.